The van der Waals surface area contributed by atoms with E-state index in [1.54, 1.807) is 33.3 Å². The number of nitrogen functional groups attached to an aromatic ring is 1. The van der Waals surface area contributed by atoms with Gasteiger partial charge in [0.2, 0.25) is 0 Å². The minimum Gasteiger partial charge on any atom is -0.493 e. The lowest BCUT2D eigenvalue weighted by molar-refractivity contribution is 0.105. The number of aromatic nitrogens is 1. The van der Waals surface area contributed by atoms with E-state index in [0.717, 1.165) is 5.56 Å². The molecule has 2 N–H and O–H groups in total. The van der Waals surface area contributed by atoms with Gasteiger partial charge in [-0.1, -0.05) is 23.5 Å². The van der Waals surface area contributed by atoms with E-state index in [0.29, 0.717) is 27.2 Å². The van der Waals surface area contributed by atoms with Crippen molar-refractivity contribution < 1.29 is 14.3 Å². The number of thiazole rings is 1. The first-order chi connectivity index (χ1) is 10.1. The van der Waals surface area contributed by atoms with Gasteiger partial charge in [-0.25, -0.2) is 4.98 Å². The standard InChI is InChI=1S/C15H16N2O3S/c1-9-14(21-15(16)17-9)11(18)8-7-10-5-4-6-12(19-2)13(10)20-3/h4-8H,1-3H3,(H2,16,17)/b8-7+. The van der Waals surface area contributed by atoms with E-state index < -0.39 is 0 Å². The Morgan fingerprint density at radius 3 is 2.67 bits per heavy atom. The molecular formula is C15H16N2O3S. The molecule has 21 heavy (non-hydrogen) atoms. The Morgan fingerprint density at radius 1 is 1.33 bits per heavy atom. The van der Waals surface area contributed by atoms with E-state index in [2.05, 4.69) is 4.98 Å². The molecule has 0 aliphatic rings. The molecule has 1 heterocycles. The van der Waals surface area contributed by atoms with Crippen molar-refractivity contribution in [3.8, 4) is 11.5 Å². The van der Waals surface area contributed by atoms with Crippen LogP contribution in [0.25, 0.3) is 6.08 Å². The summed E-state index contributed by atoms with van der Waals surface area (Å²) in [6.45, 7) is 1.76. The summed E-state index contributed by atoms with van der Waals surface area (Å²) in [5, 5.41) is 0.392. The molecule has 0 fully saturated rings. The van der Waals surface area contributed by atoms with Gasteiger partial charge < -0.3 is 15.2 Å². The zero-order valence-corrected chi connectivity index (χ0v) is 12.9. The maximum atomic E-state index is 12.2. The van der Waals surface area contributed by atoms with Crippen LogP contribution < -0.4 is 15.2 Å². The van der Waals surface area contributed by atoms with Crippen LogP contribution in [0.4, 0.5) is 5.13 Å². The van der Waals surface area contributed by atoms with Crippen LogP contribution in [0.1, 0.15) is 20.9 Å². The molecule has 0 saturated carbocycles. The third kappa shape index (κ3) is 3.22. The lowest BCUT2D eigenvalue weighted by Gasteiger charge is -2.09. The van der Waals surface area contributed by atoms with E-state index in [1.165, 1.54) is 17.4 Å². The topological polar surface area (TPSA) is 74.4 Å². The number of hydrogen-bond donors (Lipinski definition) is 1. The molecule has 0 bridgehead atoms. The number of benzene rings is 1. The van der Waals surface area contributed by atoms with Crippen LogP contribution in [0.15, 0.2) is 24.3 Å². The summed E-state index contributed by atoms with van der Waals surface area (Å²) in [5.41, 5.74) is 7.01. The van der Waals surface area contributed by atoms with Crippen molar-refractivity contribution >= 4 is 28.3 Å². The Balaban J connectivity index is 2.29. The van der Waals surface area contributed by atoms with Crippen molar-refractivity contribution in [2.45, 2.75) is 6.92 Å². The fraction of sp³-hybridized carbons (Fsp3) is 0.200. The van der Waals surface area contributed by atoms with Crippen molar-refractivity contribution in [1.29, 1.82) is 0 Å². The molecule has 0 saturated heterocycles. The maximum absolute atomic E-state index is 12.2. The smallest absolute Gasteiger partial charge is 0.197 e. The lowest BCUT2D eigenvalue weighted by Crippen LogP contribution is -1.95. The van der Waals surface area contributed by atoms with E-state index >= 15 is 0 Å². The van der Waals surface area contributed by atoms with Crippen LogP contribution >= 0.6 is 11.3 Å². The van der Waals surface area contributed by atoms with Gasteiger partial charge in [-0.3, -0.25) is 4.79 Å². The average Bonchev–Trinajstić information content (AvgIpc) is 2.82. The predicted molar refractivity (Wildman–Crippen MR) is 84.2 cm³/mol. The van der Waals surface area contributed by atoms with Gasteiger partial charge in [0.1, 0.15) is 0 Å². The Hall–Kier alpha value is -2.34. The summed E-state index contributed by atoms with van der Waals surface area (Å²) in [4.78, 5) is 16.8. The number of methoxy groups -OCH3 is 2. The Labute approximate surface area is 127 Å². The lowest BCUT2D eigenvalue weighted by atomic mass is 10.1. The third-order valence-corrected chi connectivity index (χ3v) is 3.89. The Morgan fingerprint density at radius 2 is 2.10 bits per heavy atom. The monoisotopic (exact) mass is 304 g/mol. The summed E-state index contributed by atoms with van der Waals surface area (Å²) in [6, 6.07) is 5.48. The fourth-order valence-corrected chi connectivity index (χ4v) is 2.68. The Kier molecular flexibility index (Phi) is 4.59. The van der Waals surface area contributed by atoms with Gasteiger partial charge in [0.15, 0.2) is 22.4 Å². The highest BCUT2D eigenvalue weighted by Crippen LogP contribution is 2.31. The van der Waals surface area contributed by atoms with Gasteiger partial charge in [0, 0.05) is 5.56 Å². The number of ether oxygens (including phenoxy) is 2. The number of anilines is 1. The zero-order valence-electron chi connectivity index (χ0n) is 12.0. The molecule has 0 aliphatic heterocycles. The minimum absolute atomic E-state index is 0.133. The number of rotatable bonds is 5. The molecule has 2 aromatic rings. The third-order valence-electron chi connectivity index (χ3n) is 2.88. The summed E-state index contributed by atoms with van der Waals surface area (Å²) < 4.78 is 10.5. The first-order valence-electron chi connectivity index (χ1n) is 6.23. The van der Waals surface area contributed by atoms with Crippen LogP contribution in [-0.4, -0.2) is 25.0 Å². The maximum Gasteiger partial charge on any atom is 0.197 e. The van der Waals surface area contributed by atoms with Gasteiger partial charge in [0.05, 0.1) is 24.8 Å². The second kappa shape index (κ2) is 6.41. The number of carbonyl (C=O) groups is 1. The molecule has 0 radical (unpaired) electrons. The minimum atomic E-state index is -0.133. The molecule has 0 spiro atoms. The molecule has 5 nitrogen and oxygen atoms in total. The summed E-state index contributed by atoms with van der Waals surface area (Å²) in [6.07, 6.45) is 3.18. The largest absolute Gasteiger partial charge is 0.493 e. The van der Waals surface area contributed by atoms with Gasteiger partial charge in [-0.05, 0) is 25.1 Å². The average molecular weight is 304 g/mol. The van der Waals surface area contributed by atoms with E-state index in [9.17, 15) is 4.79 Å². The number of nitrogens with two attached hydrogens (primary N) is 1. The van der Waals surface area contributed by atoms with Crippen molar-refractivity contribution in [2.75, 3.05) is 20.0 Å². The molecule has 0 unspecified atom stereocenters. The summed E-state index contributed by atoms with van der Waals surface area (Å²) in [7, 11) is 3.13. The summed E-state index contributed by atoms with van der Waals surface area (Å²) in [5.74, 6) is 1.07. The van der Waals surface area contributed by atoms with Gasteiger partial charge in [0.25, 0.3) is 0 Å². The molecule has 1 aromatic heterocycles. The van der Waals surface area contributed by atoms with Gasteiger partial charge in [-0.2, -0.15) is 0 Å². The normalized spacial score (nSPS) is 10.8. The van der Waals surface area contributed by atoms with Crippen molar-refractivity contribution in [3.05, 3.63) is 40.4 Å². The number of nitrogens with zero attached hydrogens (tertiary/aromatic N) is 1. The van der Waals surface area contributed by atoms with E-state index in [-0.39, 0.29) is 5.78 Å². The van der Waals surface area contributed by atoms with Crippen LogP contribution in [-0.2, 0) is 0 Å². The van der Waals surface area contributed by atoms with Gasteiger partial charge >= 0.3 is 0 Å². The predicted octanol–water partition coefficient (Wildman–Crippen LogP) is 2.95. The molecular weight excluding hydrogens is 288 g/mol. The van der Waals surface area contributed by atoms with Crippen LogP contribution in [0.3, 0.4) is 0 Å². The quantitative estimate of drug-likeness (QED) is 0.679. The fourth-order valence-electron chi connectivity index (χ4n) is 1.93. The molecule has 6 heteroatoms. The van der Waals surface area contributed by atoms with Crippen LogP contribution in [0.2, 0.25) is 0 Å². The number of ketones is 1. The second-order valence-corrected chi connectivity index (χ2v) is 5.28. The van der Waals surface area contributed by atoms with Gasteiger partial charge in [-0.15, -0.1) is 0 Å². The van der Waals surface area contributed by atoms with Crippen molar-refractivity contribution in [1.82, 2.24) is 4.98 Å². The number of hydrogen-bond acceptors (Lipinski definition) is 6. The SMILES string of the molecule is COc1cccc(/C=C/C(=O)c2sc(N)nc2C)c1OC. The zero-order chi connectivity index (χ0) is 15.4. The van der Waals surface area contributed by atoms with E-state index in [4.69, 9.17) is 15.2 Å². The molecule has 2 rings (SSSR count). The highest BCUT2D eigenvalue weighted by atomic mass is 32.1. The first-order valence-corrected chi connectivity index (χ1v) is 7.04. The molecule has 0 amide bonds. The first kappa shape index (κ1) is 15.1. The van der Waals surface area contributed by atoms with E-state index in [1.807, 2.05) is 12.1 Å². The molecule has 110 valence electrons. The highest BCUT2D eigenvalue weighted by molar-refractivity contribution is 7.17. The number of carbonyl (C=O) groups excluding carboxylic acids is 1. The number of allylic oxidation sites excluding steroid dienone is 1. The second-order valence-electron chi connectivity index (χ2n) is 4.25. The van der Waals surface area contributed by atoms with Crippen LogP contribution in [0, 0.1) is 6.92 Å². The summed E-state index contributed by atoms with van der Waals surface area (Å²) >= 11 is 1.19. The molecule has 0 atom stereocenters. The van der Waals surface area contributed by atoms with Crippen molar-refractivity contribution in [3.63, 3.8) is 0 Å². The van der Waals surface area contributed by atoms with Crippen LogP contribution in [0.5, 0.6) is 11.5 Å². The number of aryl methyl sites for hydroxylation is 1. The number of para-hydroxylation sites is 1. The molecule has 0 aliphatic carbocycles. The van der Waals surface area contributed by atoms with Crippen molar-refractivity contribution in [2.24, 2.45) is 0 Å². The molecule has 1 aromatic carbocycles. The highest BCUT2D eigenvalue weighted by Gasteiger charge is 2.12. The Bertz CT molecular complexity index is 692.